The number of aromatic nitrogens is 9. The first-order valence-corrected chi connectivity index (χ1v) is 17.0. The van der Waals surface area contributed by atoms with E-state index in [4.69, 9.17) is 35.4 Å². The average molecular weight is 690 g/mol. The molecule has 1 atom stereocenters. The molecule has 15 nitrogen and oxygen atoms in total. The third kappa shape index (κ3) is 7.84. The van der Waals surface area contributed by atoms with Gasteiger partial charge in [-0.1, -0.05) is 22.8 Å². The number of aryl methyl sites for hydroxylation is 2. The molecule has 7 rings (SSSR count). The molecule has 1 N–H and O–H groups in total. The molecule has 1 aliphatic carbocycles. The van der Waals surface area contributed by atoms with Crippen LogP contribution in [-0.4, -0.2) is 88.5 Å². The van der Waals surface area contributed by atoms with E-state index in [0.717, 1.165) is 80.1 Å². The molecule has 4 aromatic heterocycles. The van der Waals surface area contributed by atoms with E-state index in [2.05, 4.69) is 40.9 Å². The molecular weight excluding hydrogens is 650 g/mol. The van der Waals surface area contributed by atoms with E-state index < -0.39 is 0 Å². The van der Waals surface area contributed by atoms with E-state index in [9.17, 15) is 0 Å². The van der Waals surface area contributed by atoms with Crippen molar-refractivity contribution in [3.63, 3.8) is 0 Å². The normalized spacial score (nSPS) is 19.1. The molecule has 1 aromatic carbocycles. The molecule has 0 radical (unpaired) electrons. The number of nitrogens with one attached hydrogen (secondary N) is 1. The molecule has 2 fully saturated rings. The summed E-state index contributed by atoms with van der Waals surface area (Å²) in [6.07, 6.45) is 11.2. The predicted molar refractivity (Wildman–Crippen MR) is 180 cm³/mol. The lowest BCUT2D eigenvalue weighted by Crippen LogP contribution is -2.45. The average Bonchev–Trinajstić information content (AvgIpc) is 3.86. The monoisotopic (exact) mass is 689 g/mol. The van der Waals surface area contributed by atoms with Crippen LogP contribution >= 0.6 is 11.6 Å². The number of halogens is 1. The van der Waals surface area contributed by atoms with Gasteiger partial charge in [-0.3, -0.25) is 9.58 Å². The van der Waals surface area contributed by atoms with Crippen LogP contribution in [0.2, 0.25) is 5.02 Å². The Morgan fingerprint density at radius 2 is 1.82 bits per heavy atom. The number of hydrogen-bond donors (Lipinski definition) is 1. The number of ether oxygens (including phenoxy) is 3. The van der Waals surface area contributed by atoms with Gasteiger partial charge in [-0.05, 0) is 74.6 Å². The van der Waals surface area contributed by atoms with Crippen LogP contribution in [0.15, 0.2) is 47.6 Å². The van der Waals surface area contributed by atoms with Gasteiger partial charge in [0.2, 0.25) is 5.95 Å². The Morgan fingerprint density at radius 3 is 2.53 bits per heavy atom. The van der Waals surface area contributed by atoms with Gasteiger partial charge in [0.15, 0.2) is 0 Å². The Morgan fingerprint density at radius 1 is 1.04 bits per heavy atom. The van der Waals surface area contributed by atoms with Crippen molar-refractivity contribution >= 4 is 23.2 Å². The van der Waals surface area contributed by atoms with Gasteiger partial charge in [0.25, 0.3) is 5.88 Å². The van der Waals surface area contributed by atoms with E-state index in [1.807, 2.05) is 43.8 Å². The predicted octanol–water partition coefficient (Wildman–Crippen LogP) is 5.19. The third-order valence-corrected chi connectivity index (χ3v) is 9.47. The Hall–Kier alpha value is -4.60. The Labute approximate surface area is 288 Å². The molecule has 0 bridgehead atoms. The molecule has 1 saturated heterocycles. The van der Waals surface area contributed by atoms with Crippen LogP contribution in [-0.2, 0) is 17.9 Å². The quantitative estimate of drug-likeness (QED) is 0.183. The zero-order chi connectivity index (χ0) is 33.7. The van der Waals surface area contributed by atoms with Crippen LogP contribution in [0.1, 0.15) is 55.7 Å². The molecular formula is C33H40ClN11O4. The maximum absolute atomic E-state index is 6.47. The molecule has 1 aliphatic heterocycles. The lowest BCUT2D eigenvalue weighted by atomic mass is 9.90. The summed E-state index contributed by atoms with van der Waals surface area (Å²) in [5.74, 6) is 2.17. The van der Waals surface area contributed by atoms with Gasteiger partial charge in [-0.2, -0.15) is 0 Å². The second-order valence-corrected chi connectivity index (χ2v) is 13.0. The fourth-order valence-corrected chi connectivity index (χ4v) is 6.61. The van der Waals surface area contributed by atoms with E-state index in [1.54, 1.807) is 29.5 Å². The Kier molecular flexibility index (Phi) is 10.0. The number of hydrogen-bond acceptors (Lipinski definition) is 13. The van der Waals surface area contributed by atoms with Crippen molar-refractivity contribution in [2.75, 3.05) is 31.6 Å². The molecule has 258 valence electrons. The number of rotatable bonds is 12. The number of benzene rings is 1. The van der Waals surface area contributed by atoms with Gasteiger partial charge < -0.3 is 24.1 Å². The highest BCUT2D eigenvalue weighted by Crippen LogP contribution is 2.36. The highest BCUT2D eigenvalue weighted by atomic mass is 35.5. The highest BCUT2D eigenvalue weighted by Gasteiger charge is 2.29. The largest absolute Gasteiger partial charge is 0.487 e. The van der Waals surface area contributed by atoms with Gasteiger partial charge in [0.05, 0.1) is 48.3 Å². The number of morpholine rings is 1. The minimum atomic E-state index is -0.214. The topological polar surface area (TPSA) is 156 Å². The lowest BCUT2D eigenvalue weighted by molar-refractivity contribution is 0.00502. The van der Waals surface area contributed by atoms with Crippen molar-refractivity contribution in [1.29, 1.82) is 0 Å². The highest BCUT2D eigenvalue weighted by molar-refractivity contribution is 6.32. The van der Waals surface area contributed by atoms with Crippen molar-refractivity contribution in [2.45, 2.75) is 77.8 Å². The van der Waals surface area contributed by atoms with Gasteiger partial charge in [0.1, 0.15) is 36.2 Å². The minimum absolute atomic E-state index is 0.214. The molecule has 1 saturated carbocycles. The first kappa shape index (κ1) is 32.9. The maximum Gasteiger partial charge on any atom is 0.257 e. The zero-order valence-electron chi connectivity index (χ0n) is 27.8. The van der Waals surface area contributed by atoms with Crippen LogP contribution in [0.25, 0.3) is 11.1 Å². The Balaban J connectivity index is 1.05. The zero-order valence-corrected chi connectivity index (χ0v) is 28.6. The van der Waals surface area contributed by atoms with E-state index >= 15 is 0 Å². The minimum Gasteiger partial charge on any atom is -0.487 e. The summed E-state index contributed by atoms with van der Waals surface area (Å²) in [4.78, 5) is 11.8. The SMILES string of the molecule is Cc1noc(C)c1COc1nn([C@H]2CC[C@H](N3CCOCC3)CC2)cc1Nc1ncc(-c2ccc(Cl)c(O[C@@H](C)Cn3cnnn3)c2)cn1. The van der Waals surface area contributed by atoms with Crippen LogP contribution in [0, 0.1) is 13.8 Å². The molecule has 0 spiro atoms. The second-order valence-electron chi connectivity index (χ2n) is 12.6. The van der Waals surface area contributed by atoms with Crippen molar-refractivity contribution in [3.8, 4) is 22.8 Å². The van der Waals surface area contributed by atoms with Crippen molar-refractivity contribution in [3.05, 3.63) is 65.2 Å². The summed E-state index contributed by atoms with van der Waals surface area (Å²) >= 11 is 6.47. The molecule has 0 unspecified atom stereocenters. The van der Waals surface area contributed by atoms with Crippen LogP contribution in [0.3, 0.4) is 0 Å². The van der Waals surface area contributed by atoms with Gasteiger partial charge >= 0.3 is 0 Å². The first-order valence-electron chi connectivity index (χ1n) is 16.6. The van der Waals surface area contributed by atoms with E-state index in [-0.39, 0.29) is 18.8 Å². The smallest absolute Gasteiger partial charge is 0.257 e. The number of nitrogens with zero attached hydrogens (tertiary/aromatic N) is 10. The number of tetrazole rings is 1. The molecule has 49 heavy (non-hydrogen) atoms. The summed E-state index contributed by atoms with van der Waals surface area (Å²) < 4.78 is 26.9. The molecule has 2 aliphatic rings. The van der Waals surface area contributed by atoms with Gasteiger partial charge in [-0.25, -0.2) is 14.6 Å². The van der Waals surface area contributed by atoms with Gasteiger partial charge in [0, 0.05) is 37.1 Å². The Bertz CT molecular complexity index is 1800. The number of anilines is 2. The molecule has 0 amide bonds. The summed E-state index contributed by atoms with van der Waals surface area (Å²) in [5, 5.41) is 24.0. The fraction of sp³-hybridized carbons (Fsp3) is 0.485. The standard InChI is InChI=1S/C33H40ClN11O4/c1-21(17-44-20-37-41-42-44)48-31-14-24(4-9-29(31)34)25-15-35-33(36-16-25)38-30-18-45(39-32(30)47-19-28-22(2)40-49-23(28)3)27-7-5-26(6-8-27)43-10-12-46-13-11-43/h4,9,14-16,18,20-21,26-27H,5-8,10-13,17,19H2,1-3H3,(H,35,36,38)/t21-,26-,27-/m0/s1. The second kappa shape index (κ2) is 14.9. The van der Waals surface area contributed by atoms with Crippen LogP contribution in [0.5, 0.6) is 11.6 Å². The lowest BCUT2D eigenvalue weighted by Gasteiger charge is -2.38. The first-order chi connectivity index (χ1) is 23.9. The maximum atomic E-state index is 6.47. The third-order valence-electron chi connectivity index (χ3n) is 9.16. The summed E-state index contributed by atoms with van der Waals surface area (Å²) in [5.41, 5.74) is 4.06. The summed E-state index contributed by atoms with van der Waals surface area (Å²) in [7, 11) is 0. The van der Waals surface area contributed by atoms with Crippen LogP contribution < -0.4 is 14.8 Å². The summed E-state index contributed by atoms with van der Waals surface area (Å²) in [6, 6.07) is 6.45. The van der Waals surface area contributed by atoms with Crippen molar-refractivity contribution in [1.82, 2.24) is 50.0 Å². The molecule has 5 heterocycles. The van der Waals surface area contributed by atoms with E-state index in [1.165, 1.54) is 0 Å². The van der Waals surface area contributed by atoms with Gasteiger partial charge in [-0.15, -0.1) is 10.2 Å². The van der Waals surface area contributed by atoms with E-state index in [0.29, 0.717) is 40.9 Å². The molecule has 5 aromatic rings. The van der Waals surface area contributed by atoms with Crippen LogP contribution in [0.4, 0.5) is 11.6 Å². The summed E-state index contributed by atoms with van der Waals surface area (Å²) in [6.45, 7) is 10.1. The van der Waals surface area contributed by atoms with Crippen molar-refractivity contribution in [2.24, 2.45) is 0 Å². The van der Waals surface area contributed by atoms with Crippen molar-refractivity contribution < 1.29 is 18.7 Å². The molecule has 16 heteroatoms. The fourth-order valence-electron chi connectivity index (χ4n) is 6.45.